The Bertz CT molecular complexity index is 12.3. The topological polar surface area (TPSA) is 0 Å². The van der Waals surface area contributed by atoms with Crippen molar-refractivity contribution in [1.29, 1.82) is 0 Å². The van der Waals surface area contributed by atoms with E-state index >= 15 is 0 Å². The first kappa shape index (κ1) is 15.7. The van der Waals surface area contributed by atoms with E-state index in [9.17, 15) is 0 Å². The third-order valence-electron chi connectivity index (χ3n) is 0. The average molecular weight is 157 g/mol. The van der Waals surface area contributed by atoms with Crippen LogP contribution in [0.2, 0.25) is 0 Å². The summed E-state index contributed by atoms with van der Waals surface area (Å²) < 4.78 is 0. The fourth-order valence-electron chi connectivity index (χ4n) is 0. The first-order valence-corrected chi connectivity index (χ1v) is 1.50. The van der Waals surface area contributed by atoms with E-state index in [0.29, 0.717) is 0 Å². The molecule has 0 spiro atoms. The van der Waals surface area contributed by atoms with E-state index in [1.165, 1.54) is 5.92 Å². The largest absolute Gasteiger partial charge is 0.323 e. The maximum atomic E-state index is 2.08. The van der Waals surface area contributed by atoms with Gasteiger partial charge in [-0.25, -0.2) is 0 Å². The number of hydrogen-bond donors (Lipinski definition) is 0. The van der Waals surface area contributed by atoms with Gasteiger partial charge in [-0.05, 0) is 0 Å². The summed E-state index contributed by atoms with van der Waals surface area (Å²) in [5.74, 6) is 1.42. The maximum absolute atomic E-state index is 2.08. The van der Waals surface area contributed by atoms with Crippen LogP contribution in [0.15, 0.2) is 0 Å². The molecule has 0 aliphatic rings. The second kappa shape index (κ2) is 9.48. The second-order valence-electron chi connectivity index (χ2n) is 1.50. The van der Waals surface area contributed by atoms with Crippen LogP contribution in [0.1, 0.15) is 20.8 Å². The Hall–Kier alpha value is 1.17. The molecule has 0 rings (SSSR count). The van der Waals surface area contributed by atoms with Crippen molar-refractivity contribution >= 4 is 8.41 Å². The molecule has 0 fully saturated rings. The molecule has 0 aliphatic carbocycles. The van der Waals surface area contributed by atoms with Gasteiger partial charge in [-0.2, -0.15) is 20.8 Å². The van der Waals surface area contributed by atoms with Gasteiger partial charge < -0.3 is 5.92 Å². The van der Waals surface area contributed by atoms with E-state index in [4.69, 9.17) is 0 Å². The van der Waals surface area contributed by atoms with Crippen LogP contribution in [0.5, 0.6) is 0 Å². The van der Waals surface area contributed by atoms with Crippen molar-refractivity contribution in [2.24, 2.45) is 0 Å². The van der Waals surface area contributed by atoms with Gasteiger partial charge in [0.15, 0.2) is 0 Å². The van der Waals surface area contributed by atoms with Crippen molar-refractivity contribution in [3.63, 3.8) is 0 Å². The smallest absolute Gasteiger partial charge is 0 e. The molecule has 2 heteroatoms. The number of hydrogen-bond acceptors (Lipinski definition) is 0. The molecule has 0 aromatic heterocycles. The molecule has 0 unspecified atom stereocenters. The van der Waals surface area contributed by atoms with Crippen LogP contribution in [0.4, 0.5) is 0 Å². The van der Waals surface area contributed by atoms with Crippen molar-refractivity contribution in [2.45, 2.75) is 20.8 Å². The molecule has 0 atom stereocenters. The average Bonchev–Trinajstić information content (AvgIpc) is 0.811. The Kier molecular flexibility index (Phi) is 24.8. The zero-order chi connectivity index (χ0) is 3.58. The Balaban J connectivity index is -0.0000000450. The Morgan fingerprint density at radius 1 is 1.00 bits per heavy atom. The van der Waals surface area contributed by atoms with E-state index in [2.05, 4.69) is 20.8 Å². The third kappa shape index (κ3) is 65.8. The number of rotatable bonds is 0. The van der Waals surface area contributed by atoms with Crippen LogP contribution < -0.4 is 0 Å². The van der Waals surface area contributed by atoms with Crippen LogP contribution in [-0.4, -0.2) is 8.41 Å². The van der Waals surface area contributed by atoms with Crippen LogP contribution >= 0.6 is 0 Å². The minimum Gasteiger partial charge on any atom is -0.323 e. The van der Waals surface area contributed by atoms with Gasteiger partial charge >= 0.3 is 0 Å². The van der Waals surface area contributed by atoms with E-state index in [-0.39, 0.29) is 41.1 Å². The fraction of sp³-hybridized carbons (Fsp3) is 0.750. The molecule has 0 aromatic rings. The summed E-state index contributed by atoms with van der Waals surface area (Å²) >= 11 is 0. The van der Waals surface area contributed by atoms with E-state index in [0.717, 1.165) is 0 Å². The molecule has 0 amide bonds. The predicted molar refractivity (Wildman–Crippen MR) is 26.0 cm³/mol. The van der Waals surface area contributed by atoms with E-state index < -0.39 is 0 Å². The molecule has 0 saturated heterocycles. The van der Waals surface area contributed by atoms with Gasteiger partial charge in [0.1, 0.15) is 0 Å². The zero-order valence-electron chi connectivity index (χ0n) is 4.65. The predicted octanol–water partition coefficient (Wildman–Crippen LogP) is 1.24. The summed E-state index contributed by atoms with van der Waals surface area (Å²) in [6.07, 6.45) is 0. The van der Waals surface area contributed by atoms with Gasteiger partial charge in [0.25, 0.3) is 0 Å². The standard InChI is InChI=1S/C4H9.B.Y/c1-4(2)3;;/h1-3H3;;/q-1;;. The quantitative estimate of drug-likeness (QED) is 0.366. The molecule has 0 N–H and O–H groups in total. The van der Waals surface area contributed by atoms with Crippen LogP contribution in [0.25, 0.3) is 0 Å². The molecule has 0 saturated carbocycles. The van der Waals surface area contributed by atoms with Gasteiger partial charge in [0.2, 0.25) is 0 Å². The molecule has 0 aromatic carbocycles. The van der Waals surface area contributed by atoms with Crippen molar-refractivity contribution in [1.82, 2.24) is 0 Å². The monoisotopic (exact) mass is 157 g/mol. The third-order valence-corrected chi connectivity index (χ3v) is 0. The van der Waals surface area contributed by atoms with Gasteiger partial charge in [0, 0.05) is 41.1 Å². The molecule has 0 heterocycles. The second-order valence-corrected chi connectivity index (χ2v) is 1.50. The first-order valence-electron chi connectivity index (χ1n) is 1.50. The first-order chi connectivity index (χ1) is 1.73. The van der Waals surface area contributed by atoms with Crippen LogP contribution in [0, 0.1) is 5.92 Å². The minimum atomic E-state index is 0. The summed E-state index contributed by atoms with van der Waals surface area (Å²) in [7, 11) is 0. The molecule has 0 bridgehead atoms. The fourth-order valence-corrected chi connectivity index (χ4v) is 0. The van der Waals surface area contributed by atoms with Gasteiger partial charge in [0.05, 0.1) is 0 Å². The molecular formula is C4H9BY-. The molecule has 4 radical (unpaired) electrons. The molecule has 0 nitrogen and oxygen atoms in total. The molecule has 0 aliphatic heterocycles. The van der Waals surface area contributed by atoms with Crippen molar-refractivity contribution in [2.75, 3.05) is 0 Å². The summed E-state index contributed by atoms with van der Waals surface area (Å²) in [4.78, 5) is 0. The summed E-state index contributed by atoms with van der Waals surface area (Å²) in [6.45, 7) is 6.25. The molecular weight excluding hydrogens is 148 g/mol. The van der Waals surface area contributed by atoms with Crippen LogP contribution in [0.3, 0.4) is 0 Å². The zero-order valence-corrected chi connectivity index (χ0v) is 7.49. The maximum Gasteiger partial charge on any atom is 0 e. The normalized spacial score (nSPS) is 6.00. The minimum absolute atomic E-state index is 0. The summed E-state index contributed by atoms with van der Waals surface area (Å²) in [5.41, 5.74) is 0. The Morgan fingerprint density at radius 3 is 1.00 bits per heavy atom. The SMILES string of the molecule is C[C-](C)C.[B].[Y]. The van der Waals surface area contributed by atoms with Gasteiger partial charge in [-0.15, -0.1) is 0 Å². The van der Waals surface area contributed by atoms with E-state index in [1.54, 1.807) is 0 Å². The summed E-state index contributed by atoms with van der Waals surface area (Å²) in [6, 6.07) is 0. The summed E-state index contributed by atoms with van der Waals surface area (Å²) in [5, 5.41) is 0. The Labute approximate surface area is 67.5 Å². The van der Waals surface area contributed by atoms with Gasteiger partial charge in [-0.1, -0.05) is 0 Å². The Morgan fingerprint density at radius 2 is 1.00 bits per heavy atom. The molecule has 32 valence electrons. The van der Waals surface area contributed by atoms with Gasteiger partial charge in [-0.3, -0.25) is 0 Å². The van der Waals surface area contributed by atoms with Crippen molar-refractivity contribution in [3.05, 3.63) is 5.92 Å². The molecule has 6 heavy (non-hydrogen) atoms. The van der Waals surface area contributed by atoms with Crippen molar-refractivity contribution < 1.29 is 32.7 Å². The van der Waals surface area contributed by atoms with Crippen LogP contribution in [-0.2, 0) is 32.7 Å². The van der Waals surface area contributed by atoms with E-state index in [1.807, 2.05) is 0 Å². The van der Waals surface area contributed by atoms with Crippen molar-refractivity contribution in [3.8, 4) is 0 Å².